The largest absolute Gasteiger partial charge is 0.493 e. The molecule has 0 saturated carbocycles. The predicted octanol–water partition coefficient (Wildman–Crippen LogP) is 2.87. The second-order valence-corrected chi connectivity index (χ2v) is 6.64. The van der Waals surface area contributed by atoms with Crippen LogP contribution in [0.1, 0.15) is 32.8 Å². The van der Waals surface area contributed by atoms with Crippen LogP contribution in [-0.4, -0.2) is 44.4 Å². The minimum atomic E-state index is -2.93. The summed E-state index contributed by atoms with van der Waals surface area (Å²) in [5.74, 6) is -0.0788. The molecule has 7 nitrogen and oxygen atoms in total. The maximum atomic E-state index is 12.3. The molecule has 27 heavy (non-hydrogen) atoms. The Kier molecular flexibility index (Phi) is 8.77. The summed E-state index contributed by atoms with van der Waals surface area (Å²) in [7, 11) is 1.36. The zero-order chi connectivity index (χ0) is 20.4. The fourth-order valence-electron chi connectivity index (χ4n) is 2.09. The van der Waals surface area contributed by atoms with Crippen LogP contribution < -0.4 is 20.1 Å². The molecule has 1 rings (SSSR count). The molecule has 0 atom stereocenters. The fourth-order valence-corrected chi connectivity index (χ4v) is 2.09. The molecule has 0 radical (unpaired) electrons. The summed E-state index contributed by atoms with van der Waals surface area (Å²) in [6, 6.07) is 4.59. The van der Waals surface area contributed by atoms with Crippen LogP contribution in [0.3, 0.4) is 0 Å². The Bertz CT molecular complexity index is 633. The number of nitrogens with one attached hydrogen (secondary N) is 2. The van der Waals surface area contributed by atoms with Crippen molar-refractivity contribution in [3.8, 4) is 11.5 Å². The molecule has 0 aliphatic rings. The SMILES string of the molecule is COc1cc(CCNC(=O)CCNC(=O)OC(C)(C)C)ccc1OC(F)F. The van der Waals surface area contributed by atoms with Gasteiger partial charge in [-0.3, -0.25) is 4.79 Å². The van der Waals surface area contributed by atoms with Crippen LogP contribution in [0.4, 0.5) is 13.6 Å². The molecule has 2 N–H and O–H groups in total. The third-order valence-electron chi connectivity index (χ3n) is 3.20. The first kappa shape index (κ1) is 22.5. The Morgan fingerprint density at radius 1 is 1.11 bits per heavy atom. The Morgan fingerprint density at radius 3 is 2.41 bits per heavy atom. The molecule has 0 heterocycles. The third kappa shape index (κ3) is 9.62. The molecule has 0 saturated heterocycles. The van der Waals surface area contributed by atoms with Crippen molar-refractivity contribution in [1.29, 1.82) is 0 Å². The molecule has 2 amide bonds. The van der Waals surface area contributed by atoms with Gasteiger partial charge in [0.1, 0.15) is 5.60 Å². The van der Waals surface area contributed by atoms with E-state index in [1.807, 2.05) is 0 Å². The van der Waals surface area contributed by atoms with Crippen molar-refractivity contribution in [3.63, 3.8) is 0 Å². The number of hydrogen-bond donors (Lipinski definition) is 2. The number of methoxy groups -OCH3 is 1. The number of alkyl halides is 2. The van der Waals surface area contributed by atoms with Crippen LogP contribution in [0.25, 0.3) is 0 Å². The van der Waals surface area contributed by atoms with E-state index in [-0.39, 0.29) is 30.4 Å². The van der Waals surface area contributed by atoms with Gasteiger partial charge in [0, 0.05) is 19.5 Å². The molecule has 9 heteroatoms. The van der Waals surface area contributed by atoms with Gasteiger partial charge < -0.3 is 24.8 Å². The van der Waals surface area contributed by atoms with Gasteiger partial charge >= 0.3 is 12.7 Å². The molecular weight excluding hydrogens is 362 g/mol. The van der Waals surface area contributed by atoms with Gasteiger partial charge in [0.25, 0.3) is 0 Å². The van der Waals surface area contributed by atoms with Crippen molar-refractivity contribution in [2.24, 2.45) is 0 Å². The molecule has 0 unspecified atom stereocenters. The highest BCUT2D eigenvalue weighted by Gasteiger charge is 2.16. The van der Waals surface area contributed by atoms with E-state index in [1.165, 1.54) is 13.2 Å². The average molecular weight is 388 g/mol. The summed E-state index contributed by atoms with van der Waals surface area (Å²) < 4.78 is 39.0. The standard InChI is InChI=1S/C18H26F2N2O5/c1-18(2,3)27-17(24)22-10-8-15(23)21-9-7-12-5-6-13(26-16(19)20)14(11-12)25-4/h5-6,11,16H,7-10H2,1-4H3,(H,21,23)(H,22,24). The number of hydrogen-bond acceptors (Lipinski definition) is 5. The van der Waals surface area contributed by atoms with Crippen molar-refractivity contribution in [2.75, 3.05) is 20.2 Å². The highest BCUT2D eigenvalue weighted by molar-refractivity contribution is 5.77. The van der Waals surface area contributed by atoms with Crippen LogP contribution in [0.15, 0.2) is 18.2 Å². The first-order valence-electron chi connectivity index (χ1n) is 8.46. The second-order valence-electron chi connectivity index (χ2n) is 6.64. The molecular formula is C18H26F2N2O5. The maximum absolute atomic E-state index is 12.3. The lowest BCUT2D eigenvalue weighted by Crippen LogP contribution is -2.35. The van der Waals surface area contributed by atoms with Crippen LogP contribution in [0.2, 0.25) is 0 Å². The molecule has 152 valence electrons. The number of alkyl carbamates (subject to hydrolysis) is 1. The summed E-state index contributed by atoms with van der Waals surface area (Å²) >= 11 is 0. The van der Waals surface area contributed by atoms with Crippen molar-refractivity contribution < 1.29 is 32.6 Å². The van der Waals surface area contributed by atoms with Crippen molar-refractivity contribution in [3.05, 3.63) is 23.8 Å². The third-order valence-corrected chi connectivity index (χ3v) is 3.20. The number of benzene rings is 1. The van der Waals surface area contributed by atoms with Crippen molar-refractivity contribution in [2.45, 2.75) is 45.8 Å². The summed E-state index contributed by atoms with van der Waals surface area (Å²) in [5, 5.41) is 5.22. The minimum absolute atomic E-state index is 0.0477. The Hall–Kier alpha value is -2.58. The van der Waals surface area contributed by atoms with Gasteiger partial charge in [0.15, 0.2) is 11.5 Å². The molecule has 0 aliphatic carbocycles. The van der Waals surface area contributed by atoms with Crippen molar-refractivity contribution in [1.82, 2.24) is 10.6 Å². The van der Waals surface area contributed by atoms with E-state index < -0.39 is 18.3 Å². The highest BCUT2D eigenvalue weighted by atomic mass is 19.3. The highest BCUT2D eigenvalue weighted by Crippen LogP contribution is 2.29. The minimum Gasteiger partial charge on any atom is -0.493 e. The number of carbonyl (C=O) groups excluding carboxylic acids is 2. The zero-order valence-corrected chi connectivity index (χ0v) is 15.9. The molecule has 0 fully saturated rings. The van der Waals surface area contributed by atoms with Crippen LogP contribution >= 0.6 is 0 Å². The van der Waals surface area contributed by atoms with E-state index in [9.17, 15) is 18.4 Å². The normalized spacial score (nSPS) is 11.1. The van der Waals surface area contributed by atoms with E-state index in [2.05, 4.69) is 15.4 Å². The van der Waals surface area contributed by atoms with E-state index in [0.29, 0.717) is 13.0 Å². The van der Waals surface area contributed by atoms with E-state index >= 15 is 0 Å². The van der Waals surface area contributed by atoms with Gasteiger partial charge in [-0.1, -0.05) is 6.07 Å². The smallest absolute Gasteiger partial charge is 0.407 e. The number of halogens is 2. The zero-order valence-electron chi connectivity index (χ0n) is 15.9. The van der Waals surface area contributed by atoms with E-state index in [1.54, 1.807) is 32.9 Å². The predicted molar refractivity (Wildman–Crippen MR) is 95.2 cm³/mol. The summed E-state index contributed by atoms with van der Waals surface area (Å²) in [4.78, 5) is 23.2. The summed E-state index contributed by atoms with van der Waals surface area (Å²) in [6.45, 7) is 2.83. The van der Waals surface area contributed by atoms with Crippen LogP contribution in [0.5, 0.6) is 11.5 Å². The van der Waals surface area contributed by atoms with Gasteiger partial charge in [0.05, 0.1) is 7.11 Å². The molecule has 1 aromatic carbocycles. The molecule has 1 aromatic rings. The monoisotopic (exact) mass is 388 g/mol. The number of carbonyl (C=O) groups is 2. The van der Waals surface area contributed by atoms with Gasteiger partial charge in [0.2, 0.25) is 5.91 Å². The van der Waals surface area contributed by atoms with Crippen LogP contribution in [0, 0.1) is 0 Å². The van der Waals surface area contributed by atoms with Crippen molar-refractivity contribution >= 4 is 12.0 Å². The van der Waals surface area contributed by atoms with E-state index in [0.717, 1.165) is 5.56 Å². The van der Waals surface area contributed by atoms with Gasteiger partial charge in [-0.25, -0.2) is 4.79 Å². The Balaban J connectivity index is 2.34. The van der Waals surface area contributed by atoms with Crippen LogP contribution in [-0.2, 0) is 16.0 Å². The Morgan fingerprint density at radius 2 is 1.81 bits per heavy atom. The number of amides is 2. The quantitative estimate of drug-likeness (QED) is 0.679. The second kappa shape index (κ2) is 10.5. The van der Waals surface area contributed by atoms with Gasteiger partial charge in [-0.05, 0) is 44.9 Å². The topological polar surface area (TPSA) is 85.9 Å². The maximum Gasteiger partial charge on any atom is 0.407 e. The lowest BCUT2D eigenvalue weighted by Gasteiger charge is -2.19. The molecule has 0 spiro atoms. The number of ether oxygens (including phenoxy) is 3. The summed E-state index contributed by atoms with van der Waals surface area (Å²) in [6.07, 6.45) is 0.0220. The molecule has 0 bridgehead atoms. The Labute approximate surface area is 157 Å². The summed E-state index contributed by atoms with van der Waals surface area (Å²) in [5.41, 5.74) is 0.198. The molecule has 0 aromatic heterocycles. The molecule has 0 aliphatic heterocycles. The average Bonchev–Trinajstić information content (AvgIpc) is 2.54. The number of rotatable bonds is 9. The lowest BCUT2D eigenvalue weighted by atomic mass is 10.1. The van der Waals surface area contributed by atoms with E-state index in [4.69, 9.17) is 9.47 Å². The first-order chi connectivity index (χ1) is 12.6. The van der Waals surface area contributed by atoms with Gasteiger partial charge in [-0.2, -0.15) is 8.78 Å². The first-order valence-corrected chi connectivity index (χ1v) is 8.46. The van der Waals surface area contributed by atoms with Gasteiger partial charge in [-0.15, -0.1) is 0 Å². The lowest BCUT2D eigenvalue weighted by molar-refractivity contribution is -0.120. The fraction of sp³-hybridized carbons (Fsp3) is 0.556.